The summed E-state index contributed by atoms with van der Waals surface area (Å²) in [6.07, 6.45) is 0. The van der Waals surface area contributed by atoms with Gasteiger partial charge in [0.15, 0.2) is 0 Å². The van der Waals surface area contributed by atoms with Gasteiger partial charge in [-0.2, -0.15) is 0 Å². The molecule has 21 heavy (non-hydrogen) atoms. The number of rotatable bonds is 5. The summed E-state index contributed by atoms with van der Waals surface area (Å²) in [6, 6.07) is 9.96. The Balaban J connectivity index is 2.09. The van der Waals surface area contributed by atoms with Crippen molar-refractivity contribution < 1.29 is 18.7 Å². The summed E-state index contributed by atoms with van der Waals surface area (Å²) in [5.74, 6) is -2.05. The molecule has 0 bridgehead atoms. The number of carbonyl (C=O) groups is 1. The molecule has 0 radical (unpaired) electrons. The minimum Gasteiger partial charge on any atom is -0.478 e. The predicted octanol–water partition coefficient (Wildman–Crippen LogP) is 3.30. The summed E-state index contributed by atoms with van der Waals surface area (Å²) in [7, 11) is 1.80. The maximum Gasteiger partial charge on any atom is 0.335 e. The first-order valence-electron chi connectivity index (χ1n) is 6.40. The predicted molar refractivity (Wildman–Crippen MR) is 74.9 cm³/mol. The van der Waals surface area contributed by atoms with Crippen molar-refractivity contribution in [2.75, 3.05) is 7.05 Å². The Bertz CT molecular complexity index is 658. The van der Waals surface area contributed by atoms with E-state index in [4.69, 9.17) is 5.11 Å². The van der Waals surface area contributed by atoms with Crippen molar-refractivity contribution in [3.63, 3.8) is 0 Å². The van der Waals surface area contributed by atoms with Crippen LogP contribution < -0.4 is 0 Å². The Morgan fingerprint density at radius 3 is 2.38 bits per heavy atom. The number of nitrogens with zero attached hydrogens (tertiary/aromatic N) is 1. The Morgan fingerprint density at radius 2 is 1.71 bits per heavy atom. The van der Waals surface area contributed by atoms with Gasteiger partial charge >= 0.3 is 5.97 Å². The Hall–Kier alpha value is -2.27. The number of benzene rings is 2. The van der Waals surface area contributed by atoms with Crippen LogP contribution in [-0.2, 0) is 13.1 Å². The number of hydrogen-bond acceptors (Lipinski definition) is 2. The van der Waals surface area contributed by atoms with Crippen molar-refractivity contribution in [2.24, 2.45) is 0 Å². The van der Waals surface area contributed by atoms with E-state index in [1.54, 1.807) is 19.2 Å². The van der Waals surface area contributed by atoms with E-state index < -0.39 is 11.8 Å². The van der Waals surface area contributed by atoms with E-state index in [0.29, 0.717) is 18.7 Å². The molecule has 0 unspecified atom stereocenters. The van der Waals surface area contributed by atoms with Crippen LogP contribution in [0.3, 0.4) is 0 Å². The van der Waals surface area contributed by atoms with E-state index in [0.717, 1.165) is 11.6 Å². The third kappa shape index (κ3) is 4.36. The van der Waals surface area contributed by atoms with Gasteiger partial charge in [0.1, 0.15) is 11.6 Å². The van der Waals surface area contributed by atoms with Crippen molar-refractivity contribution in [1.29, 1.82) is 0 Å². The zero-order valence-electron chi connectivity index (χ0n) is 11.5. The molecule has 0 aliphatic carbocycles. The molecular formula is C16H15F2NO2. The summed E-state index contributed by atoms with van der Waals surface area (Å²) in [5.41, 5.74) is 1.28. The van der Waals surface area contributed by atoms with E-state index in [1.165, 1.54) is 24.3 Å². The molecule has 0 saturated carbocycles. The third-order valence-electron chi connectivity index (χ3n) is 3.00. The maximum atomic E-state index is 13.4. The van der Waals surface area contributed by atoms with Gasteiger partial charge in [-0.25, -0.2) is 13.6 Å². The number of carboxylic acid groups (broad SMARTS) is 1. The lowest BCUT2D eigenvalue weighted by atomic mass is 10.1. The second-order valence-electron chi connectivity index (χ2n) is 4.96. The third-order valence-corrected chi connectivity index (χ3v) is 3.00. The van der Waals surface area contributed by atoms with Crippen molar-refractivity contribution in [3.05, 3.63) is 70.8 Å². The van der Waals surface area contributed by atoms with Crippen LogP contribution in [0, 0.1) is 11.6 Å². The van der Waals surface area contributed by atoms with Gasteiger partial charge in [0.25, 0.3) is 0 Å². The van der Waals surface area contributed by atoms with E-state index in [9.17, 15) is 13.6 Å². The molecule has 5 heteroatoms. The lowest BCUT2D eigenvalue weighted by molar-refractivity contribution is 0.0696. The van der Waals surface area contributed by atoms with Crippen LogP contribution in [0.2, 0.25) is 0 Å². The topological polar surface area (TPSA) is 40.5 Å². The highest BCUT2D eigenvalue weighted by Crippen LogP contribution is 2.13. The van der Waals surface area contributed by atoms with Crippen LogP contribution >= 0.6 is 0 Å². The van der Waals surface area contributed by atoms with Gasteiger partial charge in [-0.05, 0) is 48.5 Å². The van der Waals surface area contributed by atoms with Crippen LogP contribution in [0.1, 0.15) is 21.5 Å². The fourth-order valence-electron chi connectivity index (χ4n) is 2.18. The minimum absolute atomic E-state index is 0.0795. The summed E-state index contributed by atoms with van der Waals surface area (Å²) in [6.45, 7) is 0.852. The molecule has 110 valence electrons. The van der Waals surface area contributed by atoms with Crippen LogP contribution in [0.5, 0.6) is 0 Å². The van der Waals surface area contributed by atoms with E-state index in [2.05, 4.69) is 0 Å². The van der Waals surface area contributed by atoms with Gasteiger partial charge in [0.05, 0.1) is 5.56 Å². The average Bonchev–Trinajstić information content (AvgIpc) is 2.37. The second kappa shape index (κ2) is 6.45. The zero-order chi connectivity index (χ0) is 15.4. The monoisotopic (exact) mass is 291 g/mol. The van der Waals surface area contributed by atoms with Gasteiger partial charge in [-0.3, -0.25) is 4.90 Å². The molecule has 0 aromatic heterocycles. The fourth-order valence-corrected chi connectivity index (χ4v) is 2.18. The molecule has 2 aromatic carbocycles. The lowest BCUT2D eigenvalue weighted by Gasteiger charge is -2.17. The van der Waals surface area contributed by atoms with E-state index in [-0.39, 0.29) is 11.4 Å². The second-order valence-corrected chi connectivity index (χ2v) is 4.96. The summed E-state index contributed by atoms with van der Waals surface area (Å²) >= 11 is 0. The number of halogens is 2. The van der Waals surface area contributed by atoms with Crippen molar-refractivity contribution in [2.45, 2.75) is 13.1 Å². The van der Waals surface area contributed by atoms with Crippen molar-refractivity contribution in [3.8, 4) is 0 Å². The van der Waals surface area contributed by atoms with Gasteiger partial charge in [0, 0.05) is 13.1 Å². The largest absolute Gasteiger partial charge is 0.478 e. The highest BCUT2D eigenvalue weighted by Gasteiger charge is 2.09. The summed E-state index contributed by atoms with van der Waals surface area (Å²) in [4.78, 5) is 12.8. The first kappa shape index (κ1) is 15.1. The molecular weight excluding hydrogens is 276 g/mol. The van der Waals surface area contributed by atoms with Crippen molar-refractivity contribution in [1.82, 2.24) is 4.90 Å². The first-order chi connectivity index (χ1) is 9.94. The zero-order valence-corrected chi connectivity index (χ0v) is 11.5. The van der Waals surface area contributed by atoms with E-state index >= 15 is 0 Å². The van der Waals surface area contributed by atoms with Gasteiger partial charge in [0.2, 0.25) is 0 Å². The number of carboxylic acids is 1. The molecule has 0 saturated heterocycles. The Labute approximate surface area is 121 Å². The molecule has 2 rings (SSSR count). The fraction of sp³-hybridized carbons (Fsp3) is 0.188. The first-order valence-corrected chi connectivity index (χ1v) is 6.40. The minimum atomic E-state index is -1.16. The standard InChI is InChI=1S/C16H15F2NO2/c1-19(9-11-3-2-4-14(17)6-11)10-12-5-13(16(20)21)8-15(18)7-12/h2-8H,9-10H2,1H3,(H,20,21). The molecule has 0 amide bonds. The molecule has 0 fully saturated rings. The molecule has 0 atom stereocenters. The number of hydrogen-bond donors (Lipinski definition) is 1. The van der Waals surface area contributed by atoms with Gasteiger partial charge < -0.3 is 5.11 Å². The van der Waals surface area contributed by atoms with Gasteiger partial charge in [-0.15, -0.1) is 0 Å². The van der Waals surface area contributed by atoms with E-state index in [1.807, 2.05) is 4.90 Å². The van der Waals surface area contributed by atoms with Crippen LogP contribution in [0.25, 0.3) is 0 Å². The quantitative estimate of drug-likeness (QED) is 0.919. The maximum absolute atomic E-state index is 13.4. The summed E-state index contributed by atoms with van der Waals surface area (Å²) in [5, 5.41) is 8.91. The van der Waals surface area contributed by atoms with Gasteiger partial charge in [-0.1, -0.05) is 12.1 Å². The molecule has 3 nitrogen and oxygen atoms in total. The molecule has 2 aromatic rings. The SMILES string of the molecule is CN(Cc1cccc(F)c1)Cc1cc(F)cc(C(=O)O)c1. The molecule has 0 aliphatic heterocycles. The molecule has 0 aliphatic rings. The molecule has 1 N–H and O–H groups in total. The van der Waals surface area contributed by atoms with Crippen LogP contribution in [-0.4, -0.2) is 23.0 Å². The average molecular weight is 291 g/mol. The van der Waals surface area contributed by atoms with Crippen molar-refractivity contribution >= 4 is 5.97 Å². The lowest BCUT2D eigenvalue weighted by Crippen LogP contribution is -2.17. The molecule has 0 heterocycles. The van der Waals surface area contributed by atoms with Crippen LogP contribution in [0.15, 0.2) is 42.5 Å². The molecule has 0 spiro atoms. The Morgan fingerprint density at radius 1 is 1.05 bits per heavy atom. The highest BCUT2D eigenvalue weighted by molar-refractivity contribution is 5.87. The normalized spacial score (nSPS) is 10.9. The smallest absolute Gasteiger partial charge is 0.335 e. The highest BCUT2D eigenvalue weighted by atomic mass is 19.1. The Kier molecular flexibility index (Phi) is 4.65. The summed E-state index contributed by atoms with van der Waals surface area (Å²) < 4.78 is 26.5. The number of aromatic carboxylic acids is 1. The van der Waals surface area contributed by atoms with Crippen LogP contribution in [0.4, 0.5) is 8.78 Å².